The summed E-state index contributed by atoms with van der Waals surface area (Å²) in [6.45, 7) is 0. The first kappa shape index (κ1) is 345. The largest absolute Gasteiger partial charge is 2.00 e. The van der Waals surface area contributed by atoms with E-state index in [0.29, 0.717) is 0 Å². The third-order valence-electron chi connectivity index (χ3n) is 0. The van der Waals surface area contributed by atoms with Crippen LogP contribution in [-0.4, -0.2) is 38.3 Å². The summed E-state index contributed by atoms with van der Waals surface area (Å²) in [5.41, 5.74) is 0. The first-order chi connectivity index (χ1) is 0. The summed E-state index contributed by atoms with van der Waals surface area (Å²) >= 11 is 0. The van der Waals surface area contributed by atoms with Crippen molar-refractivity contribution in [2.45, 2.75) is 0 Å². The van der Waals surface area contributed by atoms with E-state index in [0.717, 1.165) is 0 Å². The Labute approximate surface area is 108 Å². The van der Waals surface area contributed by atoms with Gasteiger partial charge in [0.1, 0.15) is 0 Å². The zero-order chi connectivity index (χ0) is 0. The van der Waals surface area contributed by atoms with Crippen LogP contribution in [0, 0.1) is 0 Å². The van der Waals surface area contributed by atoms with E-state index in [1.54, 1.807) is 0 Å². The summed E-state index contributed by atoms with van der Waals surface area (Å²) < 4.78 is 0. The van der Waals surface area contributed by atoms with E-state index in [1.165, 1.54) is 0 Å². The average Bonchev–Trinajstić information content (AvgIpc) is 0. The second-order valence-electron chi connectivity index (χ2n) is 0. The zero-order valence-electron chi connectivity index (χ0n) is 4.82. The molecule has 0 aliphatic rings. The third kappa shape index (κ3) is 193. The molecule has 0 amide bonds. The molecule has 0 aromatic carbocycles. The topological polar surface area (TPSA) is 210 Å². The molecule has 0 spiro atoms. The molecular weight excluding hydrogens is 516 g/mol. The SMILES string of the molecule is [Na+].[OH-].[OH-].[OH-].[OH-].[OH-].[OH-].[OH-].[Pt+2].[Re]. The average molecular weight is 523 g/mol. The molecule has 7 N–H and O–H groups in total. The Balaban J connectivity index is 0. The molecule has 0 fully saturated rings. The van der Waals surface area contributed by atoms with Gasteiger partial charge in [-0.15, -0.1) is 0 Å². The van der Waals surface area contributed by atoms with Crippen LogP contribution in [-0.2, 0) is 41.5 Å². The van der Waals surface area contributed by atoms with Gasteiger partial charge in [0.05, 0.1) is 0 Å². The van der Waals surface area contributed by atoms with Gasteiger partial charge >= 0.3 is 50.6 Å². The minimum atomic E-state index is 0. The molecule has 7 nitrogen and oxygen atoms in total. The Morgan fingerprint density at radius 1 is 0.400 bits per heavy atom. The molecule has 0 aromatic rings. The summed E-state index contributed by atoms with van der Waals surface area (Å²) in [6, 6.07) is 0. The second kappa shape index (κ2) is 262. The summed E-state index contributed by atoms with van der Waals surface area (Å²) in [7, 11) is 0. The van der Waals surface area contributed by atoms with Crippen molar-refractivity contribution in [1.29, 1.82) is 0 Å². The van der Waals surface area contributed by atoms with Gasteiger partial charge in [-0.2, -0.15) is 0 Å². The first-order valence-electron chi connectivity index (χ1n) is 0. The van der Waals surface area contributed by atoms with Crippen molar-refractivity contribution in [3.05, 3.63) is 0 Å². The van der Waals surface area contributed by atoms with Crippen LogP contribution in [0.4, 0.5) is 0 Å². The number of hydrogen-bond donors (Lipinski definition) is 0. The van der Waals surface area contributed by atoms with Crippen LogP contribution in [0.3, 0.4) is 0 Å². The van der Waals surface area contributed by atoms with Gasteiger partial charge < -0.3 is 38.3 Å². The molecule has 0 saturated heterocycles. The van der Waals surface area contributed by atoms with Crippen LogP contribution in [0.5, 0.6) is 0 Å². The minimum absolute atomic E-state index is 0. The van der Waals surface area contributed by atoms with Crippen molar-refractivity contribution in [1.82, 2.24) is 0 Å². The van der Waals surface area contributed by atoms with Crippen molar-refractivity contribution < 1.29 is 109 Å². The summed E-state index contributed by atoms with van der Waals surface area (Å²) in [5.74, 6) is 0. The predicted molar refractivity (Wildman–Crippen MR) is 13.6 cm³/mol. The van der Waals surface area contributed by atoms with Crippen LogP contribution in [0.15, 0.2) is 0 Å². The van der Waals surface area contributed by atoms with E-state index >= 15 is 0 Å². The smallest absolute Gasteiger partial charge is 0.870 e. The molecule has 0 rings (SSSR count). The monoisotopic (exact) mass is 524 g/mol. The minimum Gasteiger partial charge on any atom is -0.870 e. The fraction of sp³-hybridized carbons (Fsp3) is 0. The zero-order valence-corrected chi connectivity index (χ0v) is 11.8. The van der Waals surface area contributed by atoms with Gasteiger partial charge in [0.25, 0.3) is 0 Å². The van der Waals surface area contributed by atoms with E-state index in [9.17, 15) is 0 Å². The fourth-order valence-corrected chi connectivity index (χ4v) is 0. The molecule has 0 atom stereocenters. The Kier molecular flexibility index (Phi) is 9040. The summed E-state index contributed by atoms with van der Waals surface area (Å²) in [6.07, 6.45) is 0. The number of hydrogen-bond acceptors (Lipinski definition) is 7. The van der Waals surface area contributed by atoms with E-state index in [-0.39, 0.29) is 109 Å². The van der Waals surface area contributed by atoms with Gasteiger partial charge in [-0.3, -0.25) is 0 Å². The van der Waals surface area contributed by atoms with Gasteiger partial charge in [-0.05, 0) is 0 Å². The second-order valence-corrected chi connectivity index (χ2v) is 0. The van der Waals surface area contributed by atoms with Gasteiger partial charge in [-0.1, -0.05) is 0 Å². The molecule has 71 valence electrons. The molecule has 0 unspecified atom stereocenters. The van der Waals surface area contributed by atoms with Crippen LogP contribution >= 0.6 is 0 Å². The predicted octanol–water partition coefficient (Wildman–Crippen LogP) is -4.24. The van der Waals surface area contributed by atoms with E-state index < -0.39 is 0 Å². The standard InChI is InChI=1S/Na.7H2O.Pt.Re/h;7*1H2;;/q+1;;;;;;;;+2;/p-7. The maximum Gasteiger partial charge on any atom is 2.00 e. The maximum atomic E-state index is 0. The van der Waals surface area contributed by atoms with Crippen LogP contribution in [0.1, 0.15) is 0 Å². The molecule has 0 saturated carbocycles. The summed E-state index contributed by atoms with van der Waals surface area (Å²) in [5, 5.41) is 0. The van der Waals surface area contributed by atoms with E-state index in [2.05, 4.69) is 0 Å². The van der Waals surface area contributed by atoms with Crippen LogP contribution in [0.25, 0.3) is 0 Å². The normalized spacial score (nSPS) is 0. The molecule has 0 aliphatic carbocycles. The van der Waals surface area contributed by atoms with Crippen molar-refractivity contribution in [2.75, 3.05) is 0 Å². The Bertz CT molecular complexity index is 13.6. The molecular formula is H7NaO7PtRe-4. The Morgan fingerprint density at radius 2 is 0.400 bits per heavy atom. The molecule has 0 aliphatic heterocycles. The van der Waals surface area contributed by atoms with Gasteiger partial charge in [-0.25, -0.2) is 0 Å². The van der Waals surface area contributed by atoms with Gasteiger partial charge in [0, 0.05) is 20.4 Å². The number of rotatable bonds is 0. The Hall–Kier alpha value is 2.07. The molecule has 10 heavy (non-hydrogen) atoms. The fourth-order valence-electron chi connectivity index (χ4n) is 0. The molecule has 0 heterocycles. The Morgan fingerprint density at radius 3 is 0.400 bits per heavy atom. The molecule has 0 bridgehead atoms. The van der Waals surface area contributed by atoms with Gasteiger partial charge in [0.15, 0.2) is 0 Å². The third-order valence-corrected chi connectivity index (χ3v) is 0. The molecule has 0 aromatic heterocycles. The van der Waals surface area contributed by atoms with Crippen molar-refractivity contribution in [3.63, 3.8) is 0 Å². The maximum absolute atomic E-state index is 0. The molecule has 10 heteroatoms. The van der Waals surface area contributed by atoms with Gasteiger partial charge in [0.2, 0.25) is 0 Å². The van der Waals surface area contributed by atoms with E-state index in [4.69, 9.17) is 0 Å². The van der Waals surface area contributed by atoms with Crippen molar-refractivity contribution in [3.8, 4) is 0 Å². The van der Waals surface area contributed by atoms with Crippen LogP contribution in [0.2, 0.25) is 0 Å². The van der Waals surface area contributed by atoms with Crippen LogP contribution < -0.4 is 29.6 Å². The summed E-state index contributed by atoms with van der Waals surface area (Å²) in [4.78, 5) is 0. The van der Waals surface area contributed by atoms with Crippen molar-refractivity contribution >= 4 is 0 Å². The first-order valence-corrected chi connectivity index (χ1v) is 0. The quantitative estimate of drug-likeness (QED) is 0.285. The molecule has 1 radical (unpaired) electrons. The van der Waals surface area contributed by atoms with Crippen molar-refractivity contribution in [2.24, 2.45) is 0 Å². The van der Waals surface area contributed by atoms with E-state index in [1.807, 2.05) is 0 Å².